The van der Waals surface area contributed by atoms with Crippen molar-refractivity contribution in [1.29, 1.82) is 0 Å². The van der Waals surface area contributed by atoms with Gasteiger partial charge in [-0.15, -0.1) is 10.2 Å². The number of benzene rings is 1. The molecule has 2 aromatic heterocycles. The number of nitrogens with zero attached hydrogens (tertiary/aromatic N) is 6. The van der Waals surface area contributed by atoms with Gasteiger partial charge in [0.05, 0.1) is 24.0 Å². The minimum Gasteiger partial charge on any atom is -0.494 e. The third kappa shape index (κ3) is 4.88. The van der Waals surface area contributed by atoms with Gasteiger partial charge in [-0.1, -0.05) is 6.07 Å². The van der Waals surface area contributed by atoms with Crippen molar-refractivity contribution in [3.8, 4) is 17.1 Å². The van der Waals surface area contributed by atoms with Crippen LogP contribution in [0.1, 0.15) is 10.5 Å². The maximum absolute atomic E-state index is 12.6. The number of aromatic nitrogens is 5. The Morgan fingerprint density at radius 1 is 1.15 bits per heavy atom. The molecule has 0 radical (unpaired) electrons. The van der Waals surface area contributed by atoms with Crippen LogP contribution in [0, 0.1) is 0 Å². The zero-order valence-corrected chi connectivity index (χ0v) is 19.1. The van der Waals surface area contributed by atoms with Gasteiger partial charge in [0.25, 0.3) is 5.91 Å². The molecule has 1 saturated heterocycles. The average molecular weight is 467 g/mol. The Bertz CT molecular complexity index is 1190. The Morgan fingerprint density at radius 3 is 2.62 bits per heavy atom. The molecule has 3 amide bonds. The van der Waals surface area contributed by atoms with E-state index in [0.29, 0.717) is 41.6 Å². The minimum absolute atomic E-state index is 0.0612. The van der Waals surface area contributed by atoms with E-state index in [1.54, 1.807) is 35.1 Å². The van der Waals surface area contributed by atoms with Gasteiger partial charge in [0.15, 0.2) is 23.1 Å². The molecular weight excluding hydrogens is 440 g/mol. The van der Waals surface area contributed by atoms with Crippen molar-refractivity contribution in [2.75, 3.05) is 51.0 Å². The SMILES string of the molecule is CNC(=O)c1nnc(NC(=O)N2CCNCC2)cc1Nc1cccc(-c2ncn(C)n2)c1OC. The number of amides is 3. The van der Waals surface area contributed by atoms with E-state index in [1.165, 1.54) is 14.2 Å². The number of hydrogen-bond donors (Lipinski definition) is 4. The van der Waals surface area contributed by atoms with Crippen LogP contribution in [0.5, 0.6) is 5.75 Å². The second-order valence-corrected chi connectivity index (χ2v) is 7.49. The van der Waals surface area contributed by atoms with Crippen LogP contribution >= 0.6 is 0 Å². The van der Waals surface area contributed by atoms with Crippen LogP contribution in [-0.4, -0.2) is 82.1 Å². The van der Waals surface area contributed by atoms with E-state index in [9.17, 15) is 9.59 Å². The lowest BCUT2D eigenvalue weighted by Gasteiger charge is -2.27. The predicted octanol–water partition coefficient (Wildman–Crippen LogP) is 0.821. The van der Waals surface area contributed by atoms with Crippen LogP contribution in [0.15, 0.2) is 30.6 Å². The predicted molar refractivity (Wildman–Crippen MR) is 125 cm³/mol. The number of aryl methyl sites for hydroxylation is 1. The van der Waals surface area contributed by atoms with Gasteiger partial charge in [-0.05, 0) is 12.1 Å². The molecule has 0 unspecified atom stereocenters. The summed E-state index contributed by atoms with van der Waals surface area (Å²) in [7, 11) is 4.82. The van der Waals surface area contributed by atoms with Crippen molar-refractivity contribution in [1.82, 2.24) is 40.5 Å². The number of carbonyl (C=O) groups is 2. The van der Waals surface area contributed by atoms with Crippen molar-refractivity contribution in [3.05, 3.63) is 36.3 Å². The highest BCUT2D eigenvalue weighted by atomic mass is 16.5. The summed E-state index contributed by atoms with van der Waals surface area (Å²) < 4.78 is 7.24. The number of carbonyl (C=O) groups excluding carboxylic acids is 2. The molecule has 1 aliphatic heterocycles. The average Bonchev–Trinajstić information content (AvgIpc) is 3.30. The summed E-state index contributed by atoms with van der Waals surface area (Å²) in [4.78, 5) is 31.0. The molecule has 3 heterocycles. The maximum Gasteiger partial charge on any atom is 0.323 e. The Morgan fingerprint density at radius 2 is 1.94 bits per heavy atom. The van der Waals surface area contributed by atoms with Gasteiger partial charge < -0.3 is 25.6 Å². The molecule has 0 atom stereocenters. The van der Waals surface area contributed by atoms with E-state index in [2.05, 4.69) is 41.5 Å². The van der Waals surface area contributed by atoms with E-state index in [-0.39, 0.29) is 17.5 Å². The quantitative estimate of drug-likeness (QED) is 0.414. The zero-order chi connectivity index (χ0) is 24.1. The summed E-state index contributed by atoms with van der Waals surface area (Å²) in [6.07, 6.45) is 1.60. The fraction of sp³-hybridized carbons (Fsp3) is 0.333. The van der Waals surface area contributed by atoms with Crippen molar-refractivity contribution >= 4 is 29.1 Å². The van der Waals surface area contributed by atoms with E-state index in [4.69, 9.17) is 4.74 Å². The molecule has 3 aromatic rings. The van der Waals surface area contributed by atoms with Gasteiger partial charge in [-0.2, -0.15) is 5.10 Å². The number of para-hydroxylation sites is 1. The standard InChI is InChI=1S/C21H26N10O3/c1-22-20(32)17-15(11-16(27-28-17)26-21(33)31-9-7-23-8-10-31)25-14-6-4-5-13(18(14)34-3)19-24-12-30(2)29-19/h4-6,11-12,23H,7-10H2,1-3H3,(H,22,32)(H2,25,26,27,33). The first-order valence-electron chi connectivity index (χ1n) is 10.7. The molecule has 178 valence electrons. The topological polar surface area (TPSA) is 151 Å². The second-order valence-electron chi connectivity index (χ2n) is 7.49. The third-order valence-corrected chi connectivity index (χ3v) is 5.20. The van der Waals surface area contributed by atoms with Crippen LogP contribution < -0.4 is 26.0 Å². The van der Waals surface area contributed by atoms with Crippen LogP contribution in [0.3, 0.4) is 0 Å². The molecule has 0 spiro atoms. The number of methoxy groups -OCH3 is 1. The number of hydrogen-bond acceptors (Lipinski definition) is 9. The summed E-state index contributed by atoms with van der Waals surface area (Å²) in [5, 5.41) is 24.1. The monoisotopic (exact) mass is 466 g/mol. The molecule has 34 heavy (non-hydrogen) atoms. The number of urea groups is 1. The third-order valence-electron chi connectivity index (χ3n) is 5.20. The van der Waals surface area contributed by atoms with Gasteiger partial charge in [0.1, 0.15) is 6.33 Å². The first kappa shape index (κ1) is 22.9. The largest absolute Gasteiger partial charge is 0.494 e. The summed E-state index contributed by atoms with van der Waals surface area (Å²) in [6.45, 7) is 2.63. The molecule has 13 nitrogen and oxygen atoms in total. The molecule has 4 rings (SSSR count). The lowest BCUT2D eigenvalue weighted by atomic mass is 10.1. The molecule has 0 saturated carbocycles. The summed E-state index contributed by atoms with van der Waals surface area (Å²) in [5.74, 6) is 0.753. The first-order chi connectivity index (χ1) is 16.5. The summed E-state index contributed by atoms with van der Waals surface area (Å²) in [5.41, 5.74) is 1.63. The Hall–Kier alpha value is -4.26. The van der Waals surface area contributed by atoms with Crippen molar-refractivity contribution in [2.45, 2.75) is 0 Å². The number of anilines is 3. The Balaban J connectivity index is 1.66. The summed E-state index contributed by atoms with van der Waals surface area (Å²) >= 11 is 0. The molecule has 1 fully saturated rings. The van der Waals surface area contributed by atoms with Crippen LogP contribution in [-0.2, 0) is 7.05 Å². The minimum atomic E-state index is -0.434. The highest BCUT2D eigenvalue weighted by molar-refractivity contribution is 5.99. The fourth-order valence-corrected chi connectivity index (χ4v) is 3.53. The van der Waals surface area contributed by atoms with E-state index < -0.39 is 5.91 Å². The van der Waals surface area contributed by atoms with Crippen molar-refractivity contribution in [2.24, 2.45) is 7.05 Å². The highest BCUT2D eigenvalue weighted by Gasteiger charge is 2.21. The lowest BCUT2D eigenvalue weighted by Crippen LogP contribution is -2.48. The summed E-state index contributed by atoms with van der Waals surface area (Å²) in [6, 6.07) is 6.72. The normalized spacial score (nSPS) is 13.3. The number of piperazine rings is 1. The Labute approximate surface area is 195 Å². The fourth-order valence-electron chi connectivity index (χ4n) is 3.53. The van der Waals surface area contributed by atoms with Gasteiger partial charge >= 0.3 is 6.03 Å². The van der Waals surface area contributed by atoms with Crippen molar-refractivity contribution < 1.29 is 14.3 Å². The van der Waals surface area contributed by atoms with E-state index in [1.807, 2.05) is 12.1 Å². The molecule has 13 heteroatoms. The lowest BCUT2D eigenvalue weighted by molar-refractivity contribution is 0.0958. The van der Waals surface area contributed by atoms with Crippen LogP contribution in [0.2, 0.25) is 0 Å². The zero-order valence-electron chi connectivity index (χ0n) is 19.1. The molecule has 4 N–H and O–H groups in total. The first-order valence-corrected chi connectivity index (χ1v) is 10.7. The smallest absolute Gasteiger partial charge is 0.323 e. The van der Waals surface area contributed by atoms with Crippen LogP contribution in [0.25, 0.3) is 11.4 Å². The maximum atomic E-state index is 12.6. The molecule has 0 aliphatic carbocycles. The van der Waals surface area contributed by atoms with Gasteiger partial charge in [-0.25, -0.2) is 9.78 Å². The van der Waals surface area contributed by atoms with Gasteiger partial charge in [0.2, 0.25) is 0 Å². The number of rotatable bonds is 6. The molecule has 1 aliphatic rings. The highest BCUT2D eigenvalue weighted by Crippen LogP contribution is 2.37. The molecule has 0 bridgehead atoms. The van der Waals surface area contributed by atoms with Gasteiger partial charge in [-0.3, -0.25) is 14.8 Å². The van der Waals surface area contributed by atoms with E-state index >= 15 is 0 Å². The molecule has 1 aromatic carbocycles. The van der Waals surface area contributed by atoms with Crippen molar-refractivity contribution in [3.63, 3.8) is 0 Å². The van der Waals surface area contributed by atoms with E-state index in [0.717, 1.165) is 13.1 Å². The molecular formula is C21H26N10O3. The second kappa shape index (κ2) is 10.1. The number of nitrogens with one attached hydrogen (secondary N) is 4. The number of ether oxygens (including phenoxy) is 1. The van der Waals surface area contributed by atoms with Crippen LogP contribution in [0.4, 0.5) is 22.0 Å². The van der Waals surface area contributed by atoms with Gasteiger partial charge in [0, 0.05) is 46.3 Å². The Kier molecular flexibility index (Phi) is 6.82.